The van der Waals surface area contributed by atoms with Crippen LogP contribution in [0.1, 0.15) is 78.6 Å². The highest BCUT2D eigenvalue weighted by Gasteiger charge is 2.10. The van der Waals surface area contributed by atoms with Crippen LogP contribution in [0.15, 0.2) is 0 Å². The molecule has 0 spiro atoms. The molecule has 0 saturated carbocycles. The molecule has 0 heterocycles. The van der Waals surface area contributed by atoms with Gasteiger partial charge in [0.25, 0.3) is 0 Å². The van der Waals surface area contributed by atoms with E-state index >= 15 is 0 Å². The Morgan fingerprint density at radius 1 is 0.647 bits per heavy atom. The molecule has 0 N–H and O–H groups in total. The van der Waals surface area contributed by atoms with Crippen molar-refractivity contribution in [2.45, 2.75) is 96.7 Å². The Labute approximate surface area is 114 Å². The van der Waals surface area contributed by atoms with E-state index in [0.29, 0.717) is 0 Å². The molecule has 0 rings (SSSR count). The van der Waals surface area contributed by atoms with Crippen LogP contribution in [-0.2, 0) is 0 Å². The molecule has 0 aromatic carbocycles. The predicted octanol–water partition coefficient (Wildman–Crippen LogP) is 5.67. The molecule has 0 bridgehead atoms. The Morgan fingerprint density at radius 2 is 1.12 bits per heavy atom. The van der Waals surface area contributed by atoms with Crippen LogP contribution in [0.25, 0.3) is 0 Å². The lowest BCUT2D eigenvalue weighted by Crippen LogP contribution is -2.21. The topological polar surface area (TPSA) is 0 Å². The summed E-state index contributed by atoms with van der Waals surface area (Å²) >= 11 is 0. The van der Waals surface area contributed by atoms with Crippen molar-refractivity contribution in [3.8, 4) is 0 Å². The highest BCUT2D eigenvalue weighted by atomic mass is 29.2. The summed E-state index contributed by atoms with van der Waals surface area (Å²) in [4.78, 5) is 0. The van der Waals surface area contributed by atoms with E-state index in [1.807, 2.05) is 0 Å². The van der Waals surface area contributed by atoms with Gasteiger partial charge in [-0.2, -0.15) is 0 Å². The molecule has 0 aliphatic rings. The van der Waals surface area contributed by atoms with Crippen molar-refractivity contribution in [2.24, 2.45) is 0 Å². The Hall–Kier alpha value is 0.434. The lowest BCUT2D eigenvalue weighted by atomic mass is 10.3. The van der Waals surface area contributed by atoms with E-state index in [9.17, 15) is 0 Å². The largest absolute Gasteiger partial charge is 0.0654 e. The zero-order chi connectivity index (χ0) is 12.8. The van der Waals surface area contributed by atoms with Gasteiger partial charge < -0.3 is 0 Å². The highest BCUT2D eigenvalue weighted by molar-refractivity contribution is 7.12. The fourth-order valence-electron chi connectivity index (χ4n) is 2.12. The summed E-state index contributed by atoms with van der Waals surface area (Å²) in [7, 11) is 1.42. The Balaban J connectivity index is 3.60. The van der Waals surface area contributed by atoms with Gasteiger partial charge in [0.2, 0.25) is 0 Å². The zero-order valence-electron chi connectivity index (χ0n) is 12.5. The van der Waals surface area contributed by atoms with Gasteiger partial charge in [0, 0.05) is 17.4 Å². The molecule has 0 amide bonds. The fraction of sp³-hybridized carbons (Fsp3) is 1.00. The van der Waals surface area contributed by atoms with Gasteiger partial charge in [0.15, 0.2) is 0 Å². The average molecular weight is 270 g/mol. The summed E-state index contributed by atoms with van der Waals surface area (Å²) in [5, 5.41) is 0. The number of unbranched alkanes of at least 4 members (excludes halogenated alkanes) is 6. The Kier molecular flexibility index (Phi) is 14.9. The van der Waals surface area contributed by atoms with Gasteiger partial charge >= 0.3 is 0 Å². The van der Waals surface area contributed by atoms with Crippen LogP contribution in [0, 0.1) is 0 Å². The minimum Gasteiger partial charge on any atom is -0.0654 e. The molecule has 0 nitrogen and oxygen atoms in total. The smallest absolute Gasteiger partial charge is 0.0343 e. The average Bonchev–Trinajstić information content (AvgIpc) is 2.34. The van der Waals surface area contributed by atoms with Crippen LogP contribution in [0.5, 0.6) is 0 Å². The van der Waals surface area contributed by atoms with E-state index in [1.54, 1.807) is 18.1 Å². The number of hydrogen-bond donors (Lipinski definition) is 0. The van der Waals surface area contributed by atoms with Crippen molar-refractivity contribution in [3.63, 3.8) is 0 Å². The SMILES string of the molecule is CCCCC[Si][Si](CCCCC)CCCCC. The third-order valence-electron chi connectivity index (χ3n) is 3.32. The summed E-state index contributed by atoms with van der Waals surface area (Å²) in [6.45, 7) is 6.97. The van der Waals surface area contributed by atoms with Crippen molar-refractivity contribution in [2.75, 3.05) is 0 Å². The van der Waals surface area contributed by atoms with Crippen molar-refractivity contribution < 1.29 is 0 Å². The van der Waals surface area contributed by atoms with E-state index < -0.39 is 0 Å². The normalized spacial score (nSPS) is 11.3. The van der Waals surface area contributed by atoms with Gasteiger partial charge in [-0.15, -0.1) is 0 Å². The van der Waals surface area contributed by atoms with Crippen LogP contribution in [0.4, 0.5) is 0 Å². The molecule has 0 saturated heterocycles. The van der Waals surface area contributed by atoms with Crippen LogP contribution >= 0.6 is 0 Å². The quantitative estimate of drug-likeness (QED) is 0.298. The van der Waals surface area contributed by atoms with E-state index in [1.165, 1.54) is 66.8 Å². The van der Waals surface area contributed by atoms with Gasteiger partial charge in [0.1, 0.15) is 0 Å². The molecular weight excluding hydrogens is 236 g/mol. The van der Waals surface area contributed by atoms with Crippen molar-refractivity contribution in [1.29, 1.82) is 0 Å². The van der Waals surface area contributed by atoms with E-state index in [4.69, 9.17) is 0 Å². The molecule has 0 aromatic rings. The summed E-state index contributed by atoms with van der Waals surface area (Å²) in [6, 6.07) is 4.79. The monoisotopic (exact) mass is 269 g/mol. The van der Waals surface area contributed by atoms with E-state index in [0.717, 1.165) is 0 Å². The first-order valence-electron chi connectivity index (χ1n) is 7.93. The summed E-state index contributed by atoms with van der Waals surface area (Å²) in [5.74, 6) is 0. The molecular formula is C15H33Si2. The molecule has 0 atom stereocenters. The molecule has 17 heavy (non-hydrogen) atoms. The molecule has 101 valence electrons. The van der Waals surface area contributed by atoms with Crippen molar-refractivity contribution in [3.05, 3.63) is 0 Å². The first kappa shape index (κ1) is 17.4. The molecule has 0 aliphatic carbocycles. The fourth-order valence-corrected chi connectivity index (χ4v) is 8.57. The number of rotatable bonds is 13. The van der Waals surface area contributed by atoms with Gasteiger partial charge in [-0.1, -0.05) is 96.7 Å². The zero-order valence-corrected chi connectivity index (χ0v) is 14.5. The third kappa shape index (κ3) is 12.7. The van der Waals surface area contributed by atoms with E-state index in [-0.39, 0.29) is 8.31 Å². The standard InChI is InChI=1S/C15H33Si2/c1-4-7-10-13-16-17(14-11-8-5-2)15-12-9-6-3/h4-15H2,1-3H3. The van der Waals surface area contributed by atoms with Crippen LogP contribution in [0.2, 0.25) is 18.1 Å². The summed E-state index contributed by atoms with van der Waals surface area (Å²) in [5.41, 5.74) is 0. The maximum absolute atomic E-state index is 2.33. The van der Waals surface area contributed by atoms with Gasteiger partial charge in [-0.25, -0.2) is 0 Å². The predicted molar refractivity (Wildman–Crippen MR) is 84.5 cm³/mol. The highest BCUT2D eigenvalue weighted by Crippen LogP contribution is 2.13. The lowest BCUT2D eigenvalue weighted by molar-refractivity contribution is 0.748. The van der Waals surface area contributed by atoms with Crippen molar-refractivity contribution >= 4 is 17.4 Å². The summed E-state index contributed by atoms with van der Waals surface area (Å²) in [6.07, 6.45) is 13.1. The molecule has 0 unspecified atom stereocenters. The van der Waals surface area contributed by atoms with Crippen LogP contribution in [0.3, 0.4) is 0 Å². The first-order chi connectivity index (χ1) is 8.35. The molecule has 0 aliphatic heterocycles. The maximum Gasteiger partial charge on any atom is 0.0343 e. The van der Waals surface area contributed by atoms with Crippen molar-refractivity contribution in [1.82, 2.24) is 0 Å². The molecule has 2 heteroatoms. The van der Waals surface area contributed by atoms with E-state index in [2.05, 4.69) is 20.8 Å². The third-order valence-corrected chi connectivity index (χ3v) is 10.1. The van der Waals surface area contributed by atoms with Crippen LogP contribution in [-0.4, -0.2) is 17.4 Å². The van der Waals surface area contributed by atoms with Gasteiger partial charge in [-0.05, 0) is 0 Å². The summed E-state index contributed by atoms with van der Waals surface area (Å²) < 4.78 is 0. The minimum absolute atomic E-state index is 0.0577. The first-order valence-corrected chi connectivity index (χ1v) is 12.1. The molecule has 0 aromatic heterocycles. The molecule has 3 radical (unpaired) electrons. The maximum atomic E-state index is 2.33. The van der Waals surface area contributed by atoms with Gasteiger partial charge in [0.05, 0.1) is 0 Å². The second-order valence-corrected chi connectivity index (χ2v) is 11.4. The number of hydrogen-bond acceptors (Lipinski definition) is 0. The molecule has 0 fully saturated rings. The minimum atomic E-state index is 0.0577. The van der Waals surface area contributed by atoms with Gasteiger partial charge in [-0.3, -0.25) is 0 Å². The second kappa shape index (κ2) is 14.5. The Bertz CT molecular complexity index is 127. The second-order valence-electron chi connectivity index (χ2n) is 5.15. The lowest BCUT2D eigenvalue weighted by Gasteiger charge is -2.14. The Morgan fingerprint density at radius 3 is 1.59 bits per heavy atom. The van der Waals surface area contributed by atoms with Crippen LogP contribution < -0.4 is 0 Å².